The molecule has 2 aromatic heterocycles. The summed E-state index contributed by atoms with van der Waals surface area (Å²) < 4.78 is 1.82. The Hall–Kier alpha value is -1.50. The first-order valence-corrected chi connectivity index (χ1v) is 8.61. The summed E-state index contributed by atoms with van der Waals surface area (Å²) in [6, 6.07) is 0. The molecule has 0 saturated heterocycles. The van der Waals surface area contributed by atoms with E-state index in [0.717, 1.165) is 36.5 Å². The summed E-state index contributed by atoms with van der Waals surface area (Å²) in [6.07, 6.45) is 8.62. The number of hydrogen-bond acceptors (Lipinski definition) is 5. The Morgan fingerprint density at radius 1 is 1.33 bits per heavy atom. The minimum Gasteiger partial charge on any atom is -0.301 e. The van der Waals surface area contributed by atoms with Gasteiger partial charge < -0.3 is 5.32 Å². The molecule has 0 aromatic carbocycles. The van der Waals surface area contributed by atoms with Crippen molar-refractivity contribution in [3.63, 3.8) is 0 Å². The number of aromatic nitrogens is 4. The number of carbonyl (C=O) groups excluding carboxylic acids is 1. The lowest BCUT2D eigenvalue weighted by Gasteiger charge is -2.18. The third-order valence-corrected chi connectivity index (χ3v) is 4.80. The fourth-order valence-corrected chi connectivity index (χ4v) is 3.58. The second-order valence-corrected chi connectivity index (χ2v) is 6.60. The van der Waals surface area contributed by atoms with E-state index >= 15 is 0 Å². The van der Waals surface area contributed by atoms with Crippen molar-refractivity contribution in [3.8, 4) is 0 Å². The lowest BCUT2D eigenvalue weighted by Crippen LogP contribution is -2.12. The molecular formula is C14H21N5OS. The normalized spacial score (nSPS) is 16.4. The lowest BCUT2D eigenvalue weighted by atomic mass is 9.89. The van der Waals surface area contributed by atoms with Crippen molar-refractivity contribution in [2.24, 2.45) is 0 Å². The van der Waals surface area contributed by atoms with Crippen LogP contribution in [0.15, 0.2) is 0 Å². The highest BCUT2D eigenvalue weighted by Crippen LogP contribution is 2.32. The van der Waals surface area contributed by atoms with Gasteiger partial charge in [0.1, 0.15) is 0 Å². The number of rotatable bonds is 5. The van der Waals surface area contributed by atoms with Crippen LogP contribution in [0.25, 0.3) is 4.96 Å². The van der Waals surface area contributed by atoms with Crippen molar-refractivity contribution in [2.75, 3.05) is 5.32 Å². The molecule has 0 atom stereocenters. The van der Waals surface area contributed by atoms with Gasteiger partial charge in [0, 0.05) is 12.3 Å². The van der Waals surface area contributed by atoms with Gasteiger partial charge in [-0.1, -0.05) is 43.9 Å². The Labute approximate surface area is 128 Å². The summed E-state index contributed by atoms with van der Waals surface area (Å²) in [5.74, 6) is 1.44. The van der Waals surface area contributed by atoms with Crippen molar-refractivity contribution < 1.29 is 4.79 Å². The van der Waals surface area contributed by atoms with Crippen LogP contribution in [0, 0.1) is 0 Å². The first-order chi connectivity index (χ1) is 10.3. The molecule has 7 heteroatoms. The smallest absolute Gasteiger partial charge is 0.236 e. The number of carbonyl (C=O) groups is 1. The molecule has 1 fully saturated rings. The molecule has 0 aliphatic heterocycles. The predicted molar refractivity (Wildman–Crippen MR) is 82.6 cm³/mol. The topological polar surface area (TPSA) is 72.2 Å². The highest BCUT2D eigenvalue weighted by molar-refractivity contribution is 7.20. The summed E-state index contributed by atoms with van der Waals surface area (Å²) >= 11 is 1.39. The zero-order chi connectivity index (χ0) is 14.7. The van der Waals surface area contributed by atoms with Crippen molar-refractivity contribution in [2.45, 2.75) is 64.2 Å². The number of nitrogens with one attached hydrogen (secondary N) is 1. The van der Waals surface area contributed by atoms with E-state index in [1.165, 1.54) is 30.6 Å². The number of hydrogen-bond donors (Lipinski definition) is 1. The van der Waals surface area contributed by atoms with E-state index in [1.807, 2.05) is 4.52 Å². The molecule has 3 rings (SSSR count). The van der Waals surface area contributed by atoms with Gasteiger partial charge in [-0.3, -0.25) is 4.79 Å². The van der Waals surface area contributed by atoms with Crippen molar-refractivity contribution >= 4 is 27.3 Å². The molecule has 6 nitrogen and oxygen atoms in total. The first kappa shape index (κ1) is 14.4. The molecule has 114 valence electrons. The van der Waals surface area contributed by atoms with Crippen molar-refractivity contribution in [3.05, 3.63) is 5.82 Å². The molecule has 0 bridgehead atoms. The summed E-state index contributed by atoms with van der Waals surface area (Å²) in [6.45, 7) is 2.08. The lowest BCUT2D eigenvalue weighted by molar-refractivity contribution is -0.116. The quantitative estimate of drug-likeness (QED) is 0.919. The zero-order valence-corrected chi connectivity index (χ0v) is 13.2. The predicted octanol–water partition coefficient (Wildman–Crippen LogP) is 3.36. The monoisotopic (exact) mass is 307 g/mol. The van der Waals surface area contributed by atoms with Crippen LogP contribution in [0.2, 0.25) is 0 Å². The highest BCUT2D eigenvalue weighted by Gasteiger charge is 2.23. The van der Waals surface area contributed by atoms with Gasteiger partial charge in [0.25, 0.3) is 0 Å². The molecule has 1 saturated carbocycles. The van der Waals surface area contributed by atoms with Gasteiger partial charge in [-0.25, -0.2) is 0 Å². The Balaban J connectivity index is 1.74. The van der Waals surface area contributed by atoms with E-state index in [-0.39, 0.29) is 5.91 Å². The first-order valence-electron chi connectivity index (χ1n) is 7.80. The maximum Gasteiger partial charge on any atom is 0.236 e. The van der Waals surface area contributed by atoms with Gasteiger partial charge in [0.15, 0.2) is 5.82 Å². The minimum absolute atomic E-state index is 0.0287. The van der Waals surface area contributed by atoms with Gasteiger partial charge in [-0.15, -0.1) is 15.3 Å². The van der Waals surface area contributed by atoms with Gasteiger partial charge >= 0.3 is 0 Å². The van der Waals surface area contributed by atoms with Crippen LogP contribution in [0.5, 0.6) is 0 Å². The zero-order valence-electron chi connectivity index (χ0n) is 12.3. The van der Waals surface area contributed by atoms with Crippen molar-refractivity contribution in [1.29, 1.82) is 0 Å². The van der Waals surface area contributed by atoms with Crippen LogP contribution in [0.4, 0.5) is 5.13 Å². The van der Waals surface area contributed by atoms with E-state index in [0.29, 0.717) is 17.5 Å². The van der Waals surface area contributed by atoms with Crippen LogP contribution in [-0.4, -0.2) is 25.7 Å². The van der Waals surface area contributed by atoms with E-state index in [9.17, 15) is 4.79 Å². The molecule has 2 heterocycles. The Bertz CT molecular complexity index is 614. The van der Waals surface area contributed by atoms with Crippen molar-refractivity contribution in [1.82, 2.24) is 19.8 Å². The number of fused-ring (bicyclic) bond motifs is 1. The highest BCUT2D eigenvalue weighted by atomic mass is 32.1. The maximum absolute atomic E-state index is 11.8. The van der Waals surface area contributed by atoms with E-state index in [4.69, 9.17) is 0 Å². The van der Waals surface area contributed by atoms with Crippen LogP contribution in [0.3, 0.4) is 0 Å². The minimum atomic E-state index is 0.0287. The molecule has 21 heavy (non-hydrogen) atoms. The molecule has 1 aliphatic rings. The summed E-state index contributed by atoms with van der Waals surface area (Å²) in [5.41, 5.74) is 0. The number of unbranched alkanes of at least 4 members (excludes halogenated alkanes) is 1. The molecular weight excluding hydrogens is 286 g/mol. The van der Waals surface area contributed by atoms with E-state index in [2.05, 4.69) is 27.5 Å². The van der Waals surface area contributed by atoms with Crippen LogP contribution in [-0.2, 0) is 4.79 Å². The Kier molecular flexibility index (Phi) is 4.48. The van der Waals surface area contributed by atoms with Gasteiger partial charge in [-0.2, -0.15) is 4.52 Å². The van der Waals surface area contributed by atoms with Gasteiger partial charge in [-0.05, 0) is 19.3 Å². The summed E-state index contributed by atoms with van der Waals surface area (Å²) in [7, 11) is 0. The van der Waals surface area contributed by atoms with Gasteiger partial charge in [0.05, 0.1) is 0 Å². The molecule has 1 N–H and O–H groups in total. The summed E-state index contributed by atoms with van der Waals surface area (Å²) in [4.78, 5) is 12.5. The molecule has 0 unspecified atom stereocenters. The fraction of sp³-hybridized carbons (Fsp3) is 0.714. The van der Waals surface area contributed by atoms with E-state index < -0.39 is 0 Å². The van der Waals surface area contributed by atoms with Crippen LogP contribution >= 0.6 is 11.3 Å². The SMILES string of the molecule is CCCCC(=O)Nc1nn2c(C3CCCCC3)nnc2s1. The number of anilines is 1. The summed E-state index contributed by atoms with van der Waals surface area (Å²) in [5, 5.41) is 16.5. The van der Waals surface area contributed by atoms with E-state index in [1.54, 1.807) is 0 Å². The molecule has 2 aromatic rings. The number of amides is 1. The standard InChI is InChI=1S/C14H21N5OS/c1-2-3-9-11(20)15-13-18-19-12(16-17-14(19)21-13)10-7-5-4-6-8-10/h10H,2-9H2,1H3,(H,15,18,20). The maximum atomic E-state index is 11.8. The Morgan fingerprint density at radius 2 is 2.14 bits per heavy atom. The molecule has 1 amide bonds. The third kappa shape index (κ3) is 3.23. The largest absolute Gasteiger partial charge is 0.301 e. The third-order valence-electron chi connectivity index (χ3n) is 3.99. The Morgan fingerprint density at radius 3 is 2.90 bits per heavy atom. The second kappa shape index (κ2) is 6.51. The molecule has 0 radical (unpaired) electrons. The van der Waals surface area contributed by atoms with Crippen LogP contribution < -0.4 is 5.32 Å². The average Bonchev–Trinajstić information content (AvgIpc) is 3.05. The number of nitrogens with zero attached hydrogens (tertiary/aromatic N) is 4. The average molecular weight is 307 g/mol. The van der Waals surface area contributed by atoms with Gasteiger partial charge in [0.2, 0.25) is 16.0 Å². The second-order valence-electron chi connectivity index (χ2n) is 5.65. The fourth-order valence-electron chi connectivity index (χ4n) is 2.82. The molecule has 1 aliphatic carbocycles. The molecule has 0 spiro atoms. The van der Waals surface area contributed by atoms with Crippen LogP contribution in [0.1, 0.15) is 70.0 Å².